The molecule has 0 aliphatic heterocycles. The van der Waals surface area contributed by atoms with Crippen molar-refractivity contribution in [3.8, 4) is 0 Å². The molecule has 3 aromatic carbocycles. The Hall–Kier alpha value is -3.07. The molecule has 3 rings (SSSR count). The van der Waals surface area contributed by atoms with Crippen LogP contribution in [0.3, 0.4) is 0 Å². The van der Waals surface area contributed by atoms with Gasteiger partial charge in [0.1, 0.15) is 12.6 Å². The topological polar surface area (TPSA) is 86.8 Å². The fourth-order valence-electron chi connectivity index (χ4n) is 3.80. The fraction of sp³-hybridized carbons (Fsp3) is 0.286. The number of anilines is 1. The number of hydrogen-bond donors (Lipinski definition) is 1. The molecule has 0 fully saturated rings. The van der Waals surface area contributed by atoms with E-state index in [0.717, 1.165) is 17.1 Å². The largest absolute Gasteiger partial charge is 0.354 e. The zero-order chi connectivity index (χ0) is 27.7. The van der Waals surface area contributed by atoms with Crippen LogP contribution in [0.25, 0.3) is 0 Å². The number of amides is 2. The Morgan fingerprint density at radius 3 is 2.16 bits per heavy atom. The number of unbranched alkanes of at least 4 members (excludes halogenated alkanes) is 1. The SMILES string of the molecule is CCCCNC(=O)C(C)N(Cc1ccc(Cl)c(Cl)c1)C(=O)CN(c1ccccc1)S(=O)(=O)c1ccccc1. The van der Waals surface area contributed by atoms with Gasteiger partial charge in [-0.15, -0.1) is 0 Å². The fourth-order valence-corrected chi connectivity index (χ4v) is 5.55. The Morgan fingerprint density at radius 2 is 1.55 bits per heavy atom. The molecular weight excluding hydrogens is 545 g/mol. The number of para-hydroxylation sites is 1. The molecule has 2 amide bonds. The van der Waals surface area contributed by atoms with E-state index in [1.165, 1.54) is 17.0 Å². The lowest BCUT2D eigenvalue weighted by Gasteiger charge is -2.32. The summed E-state index contributed by atoms with van der Waals surface area (Å²) in [5.74, 6) is -0.874. The van der Waals surface area contributed by atoms with Crippen molar-refractivity contribution in [2.24, 2.45) is 0 Å². The Balaban J connectivity index is 1.97. The van der Waals surface area contributed by atoms with Gasteiger partial charge in [0, 0.05) is 13.1 Å². The van der Waals surface area contributed by atoms with E-state index in [-0.39, 0.29) is 17.3 Å². The molecule has 0 aliphatic rings. The molecule has 0 heterocycles. The van der Waals surface area contributed by atoms with Crippen molar-refractivity contribution in [3.05, 3.63) is 94.5 Å². The summed E-state index contributed by atoms with van der Waals surface area (Å²) < 4.78 is 28.4. The Bertz CT molecular complexity index is 1340. The third-order valence-corrected chi connectivity index (χ3v) is 8.52. The first kappa shape index (κ1) is 29.5. The third-order valence-electron chi connectivity index (χ3n) is 5.99. The molecule has 1 atom stereocenters. The number of rotatable bonds is 12. The van der Waals surface area contributed by atoms with Crippen molar-refractivity contribution in [2.45, 2.75) is 44.2 Å². The van der Waals surface area contributed by atoms with Crippen LogP contribution < -0.4 is 9.62 Å². The molecule has 0 aliphatic carbocycles. The minimum Gasteiger partial charge on any atom is -0.354 e. The van der Waals surface area contributed by atoms with Crippen LogP contribution in [0.4, 0.5) is 5.69 Å². The van der Waals surface area contributed by atoms with Gasteiger partial charge in [0.15, 0.2) is 0 Å². The molecule has 7 nitrogen and oxygen atoms in total. The highest BCUT2D eigenvalue weighted by Crippen LogP contribution is 2.26. The zero-order valence-corrected chi connectivity index (χ0v) is 23.6. The normalized spacial score (nSPS) is 12.0. The number of nitrogens with one attached hydrogen (secondary N) is 1. The van der Waals surface area contributed by atoms with Crippen molar-refractivity contribution in [2.75, 3.05) is 17.4 Å². The summed E-state index contributed by atoms with van der Waals surface area (Å²) in [5, 5.41) is 3.53. The lowest BCUT2D eigenvalue weighted by molar-refractivity contribution is -0.139. The zero-order valence-electron chi connectivity index (χ0n) is 21.3. The van der Waals surface area contributed by atoms with Crippen molar-refractivity contribution < 1.29 is 18.0 Å². The maximum Gasteiger partial charge on any atom is 0.264 e. The number of carbonyl (C=O) groups excluding carboxylic acids is 2. The maximum absolute atomic E-state index is 13.8. The molecule has 1 unspecified atom stereocenters. The standard InChI is InChI=1S/C28H31Cl2N3O4S/c1-3-4-17-31-28(35)21(2)32(19-22-15-16-25(29)26(30)18-22)27(34)20-33(23-11-7-5-8-12-23)38(36,37)24-13-9-6-10-14-24/h5-16,18,21H,3-4,17,19-20H2,1-2H3,(H,31,35). The molecule has 1 N–H and O–H groups in total. The van der Waals surface area contributed by atoms with Crippen LogP contribution >= 0.6 is 23.2 Å². The molecular formula is C28H31Cl2N3O4S. The molecule has 0 saturated carbocycles. The van der Waals surface area contributed by atoms with Crippen molar-refractivity contribution >= 4 is 50.7 Å². The van der Waals surface area contributed by atoms with Crippen LogP contribution in [0.15, 0.2) is 83.8 Å². The molecule has 3 aromatic rings. The summed E-state index contributed by atoms with van der Waals surface area (Å²) in [4.78, 5) is 28.2. The lowest BCUT2D eigenvalue weighted by Crippen LogP contribution is -2.51. The van der Waals surface area contributed by atoms with E-state index < -0.39 is 28.5 Å². The van der Waals surface area contributed by atoms with Gasteiger partial charge in [-0.25, -0.2) is 8.42 Å². The predicted molar refractivity (Wildman–Crippen MR) is 152 cm³/mol. The van der Waals surface area contributed by atoms with Crippen LogP contribution in [0.5, 0.6) is 0 Å². The minimum absolute atomic E-state index is 0.0338. The molecule has 0 bridgehead atoms. The third kappa shape index (κ3) is 7.49. The molecule has 0 radical (unpaired) electrons. The molecule has 10 heteroatoms. The van der Waals surface area contributed by atoms with Gasteiger partial charge in [-0.1, -0.05) is 79.0 Å². The van der Waals surface area contributed by atoms with Gasteiger partial charge in [-0.3, -0.25) is 13.9 Å². The van der Waals surface area contributed by atoms with Gasteiger partial charge >= 0.3 is 0 Å². The van der Waals surface area contributed by atoms with Gasteiger partial charge < -0.3 is 10.2 Å². The summed E-state index contributed by atoms with van der Waals surface area (Å²) in [6.45, 7) is 3.64. The van der Waals surface area contributed by atoms with E-state index >= 15 is 0 Å². The van der Waals surface area contributed by atoms with E-state index in [2.05, 4.69) is 5.32 Å². The van der Waals surface area contributed by atoms with E-state index in [1.54, 1.807) is 73.7 Å². The summed E-state index contributed by atoms with van der Waals surface area (Å²) in [7, 11) is -4.08. The second-order valence-electron chi connectivity index (χ2n) is 8.75. The molecule has 0 saturated heterocycles. The quantitative estimate of drug-likeness (QED) is 0.288. The first-order valence-electron chi connectivity index (χ1n) is 12.3. The van der Waals surface area contributed by atoms with Crippen LogP contribution in [0.2, 0.25) is 10.0 Å². The van der Waals surface area contributed by atoms with Crippen LogP contribution in [-0.4, -0.2) is 44.3 Å². The summed E-state index contributed by atoms with van der Waals surface area (Å²) in [6, 6.07) is 20.4. The average Bonchev–Trinajstić information content (AvgIpc) is 2.92. The van der Waals surface area contributed by atoms with Crippen LogP contribution in [-0.2, 0) is 26.2 Å². The molecule has 202 valence electrons. The number of hydrogen-bond acceptors (Lipinski definition) is 4. The van der Waals surface area contributed by atoms with Gasteiger partial charge in [0.25, 0.3) is 10.0 Å². The van der Waals surface area contributed by atoms with Crippen LogP contribution in [0.1, 0.15) is 32.3 Å². The average molecular weight is 577 g/mol. The smallest absolute Gasteiger partial charge is 0.264 e. The second kappa shape index (κ2) is 13.6. The van der Waals surface area contributed by atoms with Gasteiger partial charge in [-0.2, -0.15) is 0 Å². The molecule has 0 spiro atoms. The van der Waals surface area contributed by atoms with Gasteiger partial charge in [-0.05, 0) is 55.3 Å². The number of carbonyl (C=O) groups is 2. The Labute approximate surface area is 234 Å². The predicted octanol–water partition coefficient (Wildman–Crippen LogP) is 5.52. The summed E-state index contributed by atoms with van der Waals surface area (Å²) in [5.41, 5.74) is 0.984. The number of nitrogens with zero attached hydrogens (tertiary/aromatic N) is 2. The first-order valence-corrected chi connectivity index (χ1v) is 14.5. The number of halogens is 2. The van der Waals surface area contributed by atoms with E-state index in [0.29, 0.717) is 27.8 Å². The minimum atomic E-state index is -4.08. The highest BCUT2D eigenvalue weighted by molar-refractivity contribution is 7.92. The maximum atomic E-state index is 13.8. The monoisotopic (exact) mass is 575 g/mol. The van der Waals surface area contributed by atoms with Crippen molar-refractivity contribution in [3.63, 3.8) is 0 Å². The molecule has 0 aromatic heterocycles. The number of benzene rings is 3. The summed E-state index contributed by atoms with van der Waals surface area (Å²) >= 11 is 12.3. The van der Waals surface area contributed by atoms with E-state index in [4.69, 9.17) is 23.2 Å². The Kier molecular flexibility index (Phi) is 10.6. The van der Waals surface area contributed by atoms with Gasteiger partial charge in [0.2, 0.25) is 11.8 Å². The highest BCUT2D eigenvalue weighted by atomic mass is 35.5. The summed E-state index contributed by atoms with van der Waals surface area (Å²) in [6.07, 6.45) is 1.71. The van der Waals surface area contributed by atoms with Crippen LogP contribution in [0, 0.1) is 0 Å². The first-order chi connectivity index (χ1) is 18.1. The lowest BCUT2D eigenvalue weighted by atomic mass is 10.1. The highest BCUT2D eigenvalue weighted by Gasteiger charge is 2.32. The van der Waals surface area contributed by atoms with E-state index in [1.807, 2.05) is 6.92 Å². The van der Waals surface area contributed by atoms with E-state index in [9.17, 15) is 18.0 Å². The Morgan fingerprint density at radius 1 is 0.921 bits per heavy atom. The second-order valence-corrected chi connectivity index (χ2v) is 11.4. The molecule has 38 heavy (non-hydrogen) atoms. The number of sulfonamides is 1. The van der Waals surface area contributed by atoms with Crippen molar-refractivity contribution in [1.29, 1.82) is 0 Å². The van der Waals surface area contributed by atoms with Gasteiger partial charge in [0.05, 0.1) is 20.6 Å². The van der Waals surface area contributed by atoms with Crippen molar-refractivity contribution in [1.82, 2.24) is 10.2 Å².